The highest BCUT2D eigenvalue weighted by Crippen LogP contribution is 2.29. The molecule has 0 atom stereocenters. The largest absolute Gasteiger partial charge is 0.393 e. The molecule has 2 aliphatic carbocycles. The first-order chi connectivity index (χ1) is 8.66. The number of hydrogen-bond acceptors (Lipinski definition) is 2. The molecule has 0 saturated heterocycles. The number of carbonyl (C=O) groups excluding carboxylic acids is 1. The molecule has 2 saturated carbocycles. The molecule has 0 unspecified atom stereocenters. The first-order valence-electron chi connectivity index (χ1n) is 7.60. The van der Waals surface area contributed by atoms with Crippen molar-refractivity contribution in [2.24, 2.45) is 11.8 Å². The Morgan fingerprint density at radius 2 is 1.72 bits per heavy atom. The van der Waals surface area contributed by atoms with Crippen molar-refractivity contribution in [2.75, 3.05) is 13.6 Å². The summed E-state index contributed by atoms with van der Waals surface area (Å²) < 4.78 is 0. The monoisotopic (exact) mass is 253 g/mol. The first-order valence-corrected chi connectivity index (χ1v) is 7.60. The van der Waals surface area contributed by atoms with Gasteiger partial charge in [-0.25, -0.2) is 0 Å². The van der Waals surface area contributed by atoms with Crippen LogP contribution in [-0.4, -0.2) is 35.6 Å². The minimum absolute atomic E-state index is 0.168. The van der Waals surface area contributed by atoms with Crippen molar-refractivity contribution >= 4 is 5.91 Å². The fraction of sp³-hybridized carbons (Fsp3) is 0.933. The Hall–Kier alpha value is -0.570. The van der Waals surface area contributed by atoms with Gasteiger partial charge in [0.05, 0.1) is 6.10 Å². The molecule has 1 amide bonds. The number of aliphatic hydroxyl groups is 1. The van der Waals surface area contributed by atoms with Gasteiger partial charge >= 0.3 is 0 Å². The Labute approximate surface area is 111 Å². The Morgan fingerprint density at radius 1 is 1.11 bits per heavy atom. The van der Waals surface area contributed by atoms with Crippen LogP contribution in [0, 0.1) is 11.8 Å². The average molecular weight is 253 g/mol. The van der Waals surface area contributed by atoms with Gasteiger partial charge in [-0.05, 0) is 38.0 Å². The Balaban J connectivity index is 1.70. The van der Waals surface area contributed by atoms with Crippen molar-refractivity contribution in [1.82, 2.24) is 4.90 Å². The molecule has 0 heterocycles. The second-order valence-corrected chi connectivity index (χ2v) is 6.20. The van der Waals surface area contributed by atoms with Crippen molar-refractivity contribution in [2.45, 2.75) is 63.9 Å². The maximum atomic E-state index is 12.3. The van der Waals surface area contributed by atoms with Gasteiger partial charge in [-0.2, -0.15) is 0 Å². The van der Waals surface area contributed by atoms with E-state index in [0.29, 0.717) is 5.91 Å². The summed E-state index contributed by atoms with van der Waals surface area (Å²) in [5.41, 5.74) is 0. The van der Waals surface area contributed by atoms with Gasteiger partial charge in [-0.3, -0.25) is 4.79 Å². The molecule has 0 aliphatic heterocycles. The Kier molecular flexibility index (Phi) is 5.04. The van der Waals surface area contributed by atoms with E-state index in [2.05, 4.69) is 0 Å². The maximum absolute atomic E-state index is 12.3. The van der Waals surface area contributed by atoms with Gasteiger partial charge in [0, 0.05) is 19.5 Å². The van der Waals surface area contributed by atoms with Crippen molar-refractivity contribution in [1.29, 1.82) is 0 Å². The molecular formula is C15H27NO2. The Bertz CT molecular complexity index is 266. The van der Waals surface area contributed by atoms with Gasteiger partial charge < -0.3 is 10.0 Å². The van der Waals surface area contributed by atoms with Crippen LogP contribution in [0.15, 0.2) is 0 Å². The summed E-state index contributed by atoms with van der Waals surface area (Å²) in [6, 6.07) is 0. The maximum Gasteiger partial charge on any atom is 0.225 e. The molecule has 0 aromatic carbocycles. The number of aliphatic hydroxyl groups excluding tert-OH is 1. The van der Waals surface area contributed by atoms with E-state index in [0.717, 1.165) is 38.1 Å². The van der Waals surface area contributed by atoms with Crippen LogP contribution in [0.3, 0.4) is 0 Å². The number of carbonyl (C=O) groups is 1. The number of rotatable bonds is 4. The van der Waals surface area contributed by atoms with E-state index in [1.807, 2.05) is 11.9 Å². The first kappa shape index (κ1) is 13.9. The SMILES string of the molecule is CN(CCC1CCCC1)C(=O)C1CCC(O)CC1. The van der Waals surface area contributed by atoms with Gasteiger partial charge in [-0.15, -0.1) is 0 Å². The fourth-order valence-electron chi connectivity index (χ4n) is 3.42. The molecule has 2 fully saturated rings. The molecule has 18 heavy (non-hydrogen) atoms. The predicted octanol–water partition coefficient (Wildman–Crippen LogP) is 2.58. The zero-order chi connectivity index (χ0) is 13.0. The molecule has 0 bridgehead atoms. The van der Waals surface area contributed by atoms with E-state index >= 15 is 0 Å². The summed E-state index contributed by atoms with van der Waals surface area (Å²) in [7, 11) is 1.95. The van der Waals surface area contributed by atoms with Crippen LogP contribution in [0.1, 0.15) is 57.8 Å². The third kappa shape index (κ3) is 3.71. The smallest absolute Gasteiger partial charge is 0.225 e. The number of amides is 1. The van der Waals surface area contributed by atoms with Crippen molar-refractivity contribution < 1.29 is 9.90 Å². The summed E-state index contributed by atoms with van der Waals surface area (Å²) in [6.45, 7) is 0.919. The van der Waals surface area contributed by atoms with E-state index in [9.17, 15) is 9.90 Å². The van der Waals surface area contributed by atoms with E-state index in [1.54, 1.807) is 0 Å². The summed E-state index contributed by atoms with van der Waals surface area (Å²) in [5, 5.41) is 9.47. The second-order valence-electron chi connectivity index (χ2n) is 6.20. The van der Waals surface area contributed by atoms with Gasteiger partial charge in [0.25, 0.3) is 0 Å². The second kappa shape index (κ2) is 6.55. The van der Waals surface area contributed by atoms with Crippen molar-refractivity contribution in [3.63, 3.8) is 0 Å². The lowest BCUT2D eigenvalue weighted by Crippen LogP contribution is -2.36. The molecule has 0 radical (unpaired) electrons. The van der Waals surface area contributed by atoms with Crippen molar-refractivity contribution in [3.8, 4) is 0 Å². The third-order valence-electron chi connectivity index (χ3n) is 4.77. The minimum Gasteiger partial charge on any atom is -0.393 e. The highest BCUT2D eigenvalue weighted by Gasteiger charge is 2.27. The minimum atomic E-state index is -0.169. The van der Waals surface area contributed by atoms with Gasteiger partial charge in [0.2, 0.25) is 5.91 Å². The molecule has 104 valence electrons. The van der Waals surface area contributed by atoms with E-state index in [1.165, 1.54) is 32.1 Å². The summed E-state index contributed by atoms with van der Waals surface area (Å²) in [6.07, 6.45) is 9.82. The molecule has 2 rings (SSSR count). The highest BCUT2D eigenvalue weighted by atomic mass is 16.3. The van der Waals surface area contributed by atoms with Crippen LogP contribution in [0.4, 0.5) is 0 Å². The van der Waals surface area contributed by atoms with Crippen LogP contribution < -0.4 is 0 Å². The molecule has 0 spiro atoms. The molecule has 3 heteroatoms. The van der Waals surface area contributed by atoms with Crippen LogP contribution in [0.25, 0.3) is 0 Å². The summed E-state index contributed by atoms with van der Waals surface area (Å²) in [5.74, 6) is 1.33. The zero-order valence-corrected chi connectivity index (χ0v) is 11.6. The lowest BCUT2D eigenvalue weighted by Gasteiger charge is -2.29. The van der Waals surface area contributed by atoms with Crippen LogP contribution in [0.2, 0.25) is 0 Å². The zero-order valence-electron chi connectivity index (χ0n) is 11.6. The summed E-state index contributed by atoms with van der Waals surface area (Å²) in [4.78, 5) is 14.2. The third-order valence-corrected chi connectivity index (χ3v) is 4.77. The van der Waals surface area contributed by atoms with Gasteiger partial charge in [0.1, 0.15) is 0 Å². The Morgan fingerprint density at radius 3 is 2.33 bits per heavy atom. The molecule has 0 aromatic heterocycles. The number of hydrogen-bond donors (Lipinski definition) is 1. The normalized spacial score (nSPS) is 29.4. The van der Waals surface area contributed by atoms with Crippen LogP contribution in [0.5, 0.6) is 0 Å². The van der Waals surface area contributed by atoms with Crippen LogP contribution in [-0.2, 0) is 4.79 Å². The molecular weight excluding hydrogens is 226 g/mol. The standard InChI is InChI=1S/C15H27NO2/c1-16(11-10-12-4-2-3-5-12)15(18)13-6-8-14(17)9-7-13/h12-14,17H,2-11H2,1H3. The number of nitrogens with zero attached hydrogens (tertiary/aromatic N) is 1. The van der Waals surface area contributed by atoms with Gasteiger partial charge in [-0.1, -0.05) is 25.7 Å². The van der Waals surface area contributed by atoms with Crippen LogP contribution >= 0.6 is 0 Å². The lowest BCUT2D eigenvalue weighted by molar-refractivity contribution is -0.136. The van der Waals surface area contributed by atoms with E-state index in [-0.39, 0.29) is 12.0 Å². The topological polar surface area (TPSA) is 40.5 Å². The lowest BCUT2D eigenvalue weighted by atomic mass is 9.86. The average Bonchev–Trinajstić information content (AvgIpc) is 2.89. The highest BCUT2D eigenvalue weighted by molar-refractivity contribution is 5.78. The summed E-state index contributed by atoms with van der Waals surface area (Å²) >= 11 is 0. The van der Waals surface area contributed by atoms with E-state index in [4.69, 9.17) is 0 Å². The molecule has 2 aliphatic rings. The van der Waals surface area contributed by atoms with Gasteiger partial charge in [0.15, 0.2) is 0 Å². The predicted molar refractivity (Wildman–Crippen MR) is 72.2 cm³/mol. The quantitative estimate of drug-likeness (QED) is 0.836. The fourth-order valence-corrected chi connectivity index (χ4v) is 3.42. The van der Waals surface area contributed by atoms with E-state index < -0.39 is 0 Å². The molecule has 3 nitrogen and oxygen atoms in total. The molecule has 0 aromatic rings. The van der Waals surface area contributed by atoms with Crippen molar-refractivity contribution in [3.05, 3.63) is 0 Å². The molecule has 1 N–H and O–H groups in total.